The fourth-order valence-corrected chi connectivity index (χ4v) is 2.35. The van der Waals surface area contributed by atoms with Crippen LogP contribution in [0.15, 0.2) is 4.52 Å². The maximum atomic E-state index is 12.1. The van der Waals surface area contributed by atoms with Crippen molar-refractivity contribution in [2.45, 2.75) is 51.5 Å². The largest absolute Gasteiger partial charge is 0.339 e. The van der Waals surface area contributed by atoms with Crippen molar-refractivity contribution in [3.05, 3.63) is 11.7 Å². The number of rotatable bonds is 5. The van der Waals surface area contributed by atoms with Crippen molar-refractivity contribution in [2.24, 2.45) is 5.73 Å². The summed E-state index contributed by atoms with van der Waals surface area (Å²) in [7, 11) is 0. The van der Waals surface area contributed by atoms with Gasteiger partial charge in [0.1, 0.15) is 0 Å². The Morgan fingerprint density at radius 1 is 1.58 bits per heavy atom. The van der Waals surface area contributed by atoms with Gasteiger partial charge in [-0.05, 0) is 25.8 Å². The molecule has 0 aliphatic carbocycles. The second kappa shape index (κ2) is 6.14. The van der Waals surface area contributed by atoms with Crippen LogP contribution in [0.3, 0.4) is 0 Å². The van der Waals surface area contributed by atoms with Crippen molar-refractivity contribution in [3.8, 4) is 0 Å². The Morgan fingerprint density at radius 3 is 3.00 bits per heavy atom. The lowest BCUT2D eigenvalue weighted by Gasteiger charge is -2.22. The molecule has 1 unspecified atom stereocenters. The summed E-state index contributed by atoms with van der Waals surface area (Å²) in [5, 5.41) is 4.03. The van der Waals surface area contributed by atoms with Gasteiger partial charge in [-0.1, -0.05) is 19.0 Å². The summed E-state index contributed by atoms with van der Waals surface area (Å²) in [5.41, 5.74) is 5.45. The molecule has 2 rings (SSSR count). The van der Waals surface area contributed by atoms with E-state index in [1.165, 1.54) is 0 Å². The van der Waals surface area contributed by atoms with Crippen LogP contribution in [0, 0.1) is 0 Å². The quantitative estimate of drug-likeness (QED) is 0.874. The van der Waals surface area contributed by atoms with Crippen LogP contribution >= 0.6 is 0 Å². The molecular weight excluding hydrogens is 244 g/mol. The van der Waals surface area contributed by atoms with E-state index in [9.17, 15) is 4.79 Å². The summed E-state index contributed by atoms with van der Waals surface area (Å²) in [6.07, 6.45) is 3.13. The maximum Gasteiger partial charge on any atom is 0.229 e. The first-order valence-corrected chi connectivity index (χ1v) is 6.96. The number of hydrogen-bond acceptors (Lipinski definition) is 5. The minimum atomic E-state index is -0.0264. The van der Waals surface area contributed by atoms with E-state index in [4.69, 9.17) is 10.3 Å². The third-order valence-corrected chi connectivity index (χ3v) is 3.42. The summed E-state index contributed by atoms with van der Waals surface area (Å²) in [5.74, 6) is 1.63. The first kappa shape index (κ1) is 14.0. The van der Waals surface area contributed by atoms with Gasteiger partial charge in [0.25, 0.3) is 0 Å². The molecule has 0 aromatic carbocycles. The molecule has 1 aromatic heterocycles. The monoisotopic (exact) mass is 266 g/mol. The Morgan fingerprint density at radius 2 is 2.37 bits per heavy atom. The molecule has 19 heavy (non-hydrogen) atoms. The van der Waals surface area contributed by atoms with Gasteiger partial charge in [-0.25, -0.2) is 0 Å². The molecule has 106 valence electrons. The number of carbonyl (C=O) groups excluding carboxylic acids is 1. The zero-order chi connectivity index (χ0) is 13.8. The molecule has 0 bridgehead atoms. The number of likely N-dealkylation sites (tertiary alicyclic amines) is 1. The van der Waals surface area contributed by atoms with E-state index in [2.05, 4.69) is 10.1 Å². The molecule has 0 radical (unpaired) electrons. The van der Waals surface area contributed by atoms with Crippen molar-refractivity contribution >= 4 is 5.91 Å². The zero-order valence-electron chi connectivity index (χ0n) is 11.6. The average Bonchev–Trinajstić information content (AvgIpc) is 3.02. The Balaban J connectivity index is 2.07. The number of aromatic nitrogens is 2. The number of amides is 1. The van der Waals surface area contributed by atoms with E-state index in [1.807, 2.05) is 18.7 Å². The van der Waals surface area contributed by atoms with Crippen LogP contribution in [-0.4, -0.2) is 34.0 Å². The standard InChI is InChI=1S/C13H22N4O2/c1-9(2)13-15-12(16-19-13)10-5-4-8-17(10)11(18)6-3-7-14/h9-10H,3-8,14H2,1-2H3. The van der Waals surface area contributed by atoms with Crippen LogP contribution in [0.2, 0.25) is 0 Å². The predicted octanol–water partition coefficient (Wildman–Crippen LogP) is 1.60. The normalized spacial score (nSPS) is 19.4. The topological polar surface area (TPSA) is 85.2 Å². The number of nitrogens with two attached hydrogens (primary N) is 1. The van der Waals surface area contributed by atoms with Gasteiger partial charge in [-0.15, -0.1) is 0 Å². The van der Waals surface area contributed by atoms with E-state index in [1.54, 1.807) is 0 Å². The highest BCUT2D eigenvalue weighted by atomic mass is 16.5. The van der Waals surface area contributed by atoms with Gasteiger partial charge < -0.3 is 15.2 Å². The molecule has 1 aromatic rings. The summed E-state index contributed by atoms with van der Waals surface area (Å²) in [4.78, 5) is 18.4. The fourth-order valence-electron chi connectivity index (χ4n) is 2.35. The summed E-state index contributed by atoms with van der Waals surface area (Å²) >= 11 is 0. The van der Waals surface area contributed by atoms with Gasteiger partial charge in [0.15, 0.2) is 5.82 Å². The van der Waals surface area contributed by atoms with E-state index >= 15 is 0 Å². The molecule has 6 heteroatoms. The summed E-state index contributed by atoms with van der Waals surface area (Å²) in [6, 6.07) is -0.0264. The van der Waals surface area contributed by atoms with Gasteiger partial charge in [0, 0.05) is 18.9 Å². The van der Waals surface area contributed by atoms with Crippen molar-refractivity contribution < 1.29 is 9.32 Å². The maximum absolute atomic E-state index is 12.1. The van der Waals surface area contributed by atoms with Crippen LogP contribution in [-0.2, 0) is 4.79 Å². The lowest BCUT2D eigenvalue weighted by atomic mass is 10.2. The van der Waals surface area contributed by atoms with Crippen molar-refractivity contribution in [1.29, 1.82) is 0 Å². The minimum absolute atomic E-state index is 0.0264. The van der Waals surface area contributed by atoms with E-state index in [-0.39, 0.29) is 17.9 Å². The van der Waals surface area contributed by atoms with Crippen LogP contribution in [0.25, 0.3) is 0 Å². The molecule has 0 spiro atoms. The summed E-state index contributed by atoms with van der Waals surface area (Å²) < 4.78 is 5.23. The predicted molar refractivity (Wildman–Crippen MR) is 70.4 cm³/mol. The lowest BCUT2D eigenvalue weighted by Crippen LogP contribution is -2.31. The Kier molecular flexibility index (Phi) is 4.52. The fraction of sp³-hybridized carbons (Fsp3) is 0.769. The number of carbonyl (C=O) groups is 1. The second-order valence-electron chi connectivity index (χ2n) is 5.28. The van der Waals surface area contributed by atoms with Gasteiger partial charge in [0.2, 0.25) is 11.8 Å². The molecule has 1 atom stereocenters. The van der Waals surface area contributed by atoms with Crippen LogP contribution in [0.4, 0.5) is 0 Å². The van der Waals surface area contributed by atoms with Gasteiger partial charge in [0.05, 0.1) is 6.04 Å². The van der Waals surface area contributed by atoms with E-state index in [0.717, 1.165) is 25.8 Å². The van der Waals surface area contributed by atoms with Crippen molar-refractivity contribution in [2.75, 3.05) is 13.1 Å². The summed E-state index contributed by atoms with van der Waals surface area (Å²) in [6.45, 7) is 5.34. The van der Waals surface area contributed by atoms with E-state index in [0.29, 0.717) is 24.7 Å². The molecule has 1 fully saturated rings. The molecule has 6 nitrogen and oxygen atoms in total. The Hall–Kier alpha value is -1.43. The third-order valence-electron chi connectivity index (χ3n) is 3.42. The molecular formula is C13H22N4O2. The second-order valence-corrected chi connectivity index (χ2v) is 5.28. The van der Waals surface area contributed by atoms with Crippen LogP contribution in [0.5, 0.6) is 0 Å². The highest BCUT2D eigenvalue weighted by Gasteiger charge is 2.33. The van der Waals surface area contributed by atoms with Crippen LogP contribution < -0.4 is 5.73 Å². The zero-order valence-corrected chi connectivity index (χ0v) is 11.6. The number of nitrogens with zero attached hydrogens (tertiary/aromatic N) is 3. The molecule has 1 aliphatic rings. The Bertz CT molecular complexity index is 430. The van der Waals surface area contributed by atoms with Crippen molar-refractivity contribution in [1.82, 2.24) is 15.0 Å². The molecule has 1 amide bonds. The van der Waals surface area contributed by atoms with Crippen LogP contribution in [0.1, 0.15) is 63.2 Å². The first-order chi connectivity index (χ1) is 9.13. The van der Waals surface area contributed by atoms with Gasteiger partial charge in [-0.2, -0.15) is 4.98 Å². The smallest absolute Gasteiger partial charge is 0.229 e. The highest BCUT2D eigenvalue weighted by Crippen LogP contribution is 2.31. The van der Waals surface area contributed by atoms with E-state index < -0.39 is 0 Å². The molecule has 0 saturated carbocycles. The van der Waals surface area contributed by atoms with Crippen molar-refractivity contribution in [3.63, 3.8) is 0 Å². The minimum Gasteiger partial charge on any atom is -0.339 e. The Labute approximate surface area is 113 Å². The SMILES string of the molecule is CC(C)c1nc(C2CCCN2C(=O)CCCN)no1. The number of hydrogen-bond donors (Lipinski definition) is 1. The first-order valence-electron chi connectivity index (χ1n) is 6.96. The molecule has 1 aliphatic heterocycles. The molecule has 1 saturated heterocycles. The molecule has 2 N–H and O–H groups in total. The van der Waals surface area contributed by atoms with Gasteiger partial charge in [-0.3, -0.25) is 4.79 Å². The average molecular weight is 266 g/mol. The lowest BCUT2D eigenvalue weighted by molar-refractivity contribution is -0.132. The third kappa shape index (κ3) is 3.12. The highest BCUT2D eigenvalue weighted by molar-refractivity contribution is 5.76. The molecule has 2 heterocycles. The van der Waals surface area contributed by atoms with Gasteiger partial charge >= 0.3 is 0 Å².